The van der Waals surface area contributed by atoms with Crippen molar-refractivity contribution in [1.82, 2.24) is 15.0 Å². The molecule has 7 heteroatoms. The van der Waals surface area contributed by atoms with Crippen LogP contribution in [0.4, 0.5) is 5.69 Å². The molecule has 0 radical (unpaired) electrons. The van der Waals surface area contributed by atoms with Crippen LogP contribution in [-0.4, -0.2) is 26.4 Å². The molecule has 2 aromatic heterocycles. The normalized spacial score (nSPS) is 13.2. The van der Waals surface area contributed by atoms with E-state index in [4.69, 9.17) is 15.0 Å². The number of anilines is 1. The van der Waals surface area contributed by atoms with Crippen molar-refractivity contribution in [3.05, 3.63) is 175 Å². The standard InChI is InChI=1S/C47H30N6S/c48-44-40(53-52-34-13-5-2-6-14-34)25-23-31-21-19-30-20-22-32(27-38(30)43(31)44)45-49-46(33-24-26-42-39(28-33)36-16-9-10-18-41(36)54-42)51-47(50-45)37-17-8-7-15-35(37)29-11-3-1-4-12-29/h1-28,48,52H/b48-44?,53-40-. The van der Waals surface area contributed by atoms with Gasteiger partial charge in [-0.15, -0.1) is 11.3 Å². The first-order valence-electron chi connectivity index (χ1n) is 17.7. The molecule has 9 aromatic rings. The quantitative estimate of drug-likeness (QED) is 0.168. The number of hydrogen-bond acceptors (Lipinski definition) is 7. The van der Waals surface area contributed by atoms with Crippen LogP contribution in [0.15, 0.2) is 169 Å². The zero-order chi connectivity index (χ0) is 36.0. The maximum Gasteiger partial charge on any atom is 0.164 e. The van der Waals surface area contributed by atoms with Crippen LogP contribution in [0.1, 0.15) is 11.1 Å². The van der Waals surface area contributed by atoms with E-state index in [2.05, 4.69) is 108 Å². The highest BCUT2D eigenvalue weighted by atomic mass is 32.1. The highest BCUT2D eigenvalue weighted by Crippen LogP contribution is 2.38. The minimum atomic E-state index is 0.351. The van der Waals surface area contributed by atoms with Crippen LogP contribution in [0, 0.1) is 5.41 Å². The second-order valence-electron chi connectivity index (χ2n) is 13.2. The van der Waals surface area contributed by atoms with Gasteiger partial charge in [0.25, 0.3) is 0 Å². The summed E-state index contributed by atoms with van der Waals surface area (Å²) in [6.45, 7) is 0. The van der Waals surface area contributed by atoms with Crippen molar-refractivity contribution in [2.75, 3.05) is 5.43 Å². The molecule has 254 valence electrons. The molecular formula is C47H30N6S. The van der Waals surface area contributed by atoms with E-state index in [1.54, 1.807) is 11.3 Å². The van der Waals surface area contributed by atoms with Gasteiger partial charge in [-0.1, -0.05) is 121 Å². The lowest BCUT2D eigenvalue weighted by atomic mass is 9.88. The molecule has 0 saturated carbocycles. The van der Waals surface area contributed by atoms with Crippen LogP contribution in [0.2, 0.25) is 0 Å². The van der Waals surface area contributed by atoms with Crippen molar-refractivity contribution in [3.63, 3.8) is 0 Å². The Bertz CT molecular complexity index is 2980. The molecule has 0 atom stereocenters. The van der Waals surface area contributed by atoms with Crippen LogP contribution in [0.3, 0.4) is 0 Å². The predicted octanol–water partition coefficient (Wildman–Crippen LogP) is 11.9. The Morgan fingerprint density at radius 3 is 1.94 bits per heavy atom. The lowest BCUT2D eigenvalue weighted by Crippen LogP contribution is -2.18. The van der Waals surface area contributed by atoms with Crippen LogP contribution < -0.4 is 5.43 Å². The smallest absolute Gasteiger partial charge is 0.164 e. The molecular weight excluding hydrogens is 681 g/mol. The monoisotopic (exact) mass is 710 g/mol. The Morgan fingerprint density at radius 1 is 0.500 bits per heavy atom. The van der Waals surface area contributed by atoms with Gasteiger partial charge in [-0.25, -0.2) is 15.0 Å². The SMILES string of the molecule is N=C1/C(=N\Nc2ccccc2)C=Cc2ccc3ccc(-c4nc(-c5ccc6sc7ccccc7c6c5)nc(-c5ccccc5-c5ccccc5)n4)cc3c21. The first-order chi connectivity index (χ1) is 26.7. The van der Waals surface area contributed by atoms with Crippen molar-refractivity contribution in [2.24, 2.45) is 5.10 Å². The number of thiophene rings is 1. The predicted molar refractivity (Wildman–Crippen MR) is 225 cm³/mol. The number of aromatic nitrogens is 3. The summed E-state index contributed by atoms with van der Waals surface area (Å²) in [5.74, 6) is 1.75. The molecule has 1 aliphatic carbocycles. The van der Waals surface area contributed by atoms with Crippen molar-refractivity contribution in [3.8, 4) is 45.3 Å². The first kappa shape index (κ1) is 31.6. The molecule has 0 aliphatic heterocycles. The Morgan fingerprint density at radius 2 is 1.13 bits per heavy atom. The molecule has 10 rings (SSSR count). The number of nitrogens with zero attached hydrogens (tertiary/aromatic N) is 4. The number of allylic oxidation sites excluding steroid dienone is 1. The number of rotatable bonds is 6. The summed E-state index contributed by atoms with van der Waals surface area (Å²) in [6, 6.07) is 53.8. The molecule has 0 bridgehead atoms. The highest BCUT2D eigenvalue weighted by Gasteiger charge is 2.21. The number of benzene rings is 7. The molecule has 0 fully saturated rings. The van der Waals surface area contributed by atoms with Crippen molar-refractivity contribution in [1.29, 1.82) is 5.41 Å². The van der Waals surface area contributed by atoms with E-state index in [0.717, 1.165) is 55.4 Å². The average Bonchev–Trinajstić information content (AvgIpc) is 3.61. The van der Waals surface area contributed by atoms with Gasteiger partial charge in [0.15, 0.2) is 17.5 Å². The third-order valence-corrected chi connectivity index (χ3v) is 11.0. The summed E-state index contributed by atoms with van der Waals surface area (Å²) in [7, 11) is 0. The lowest BCUT2D eigenvalue weighted by Gasteiger charge is -2.17. The molecule has 2 heterocycles. The molecule has 0 unspecified atom stereocenters. The minimum absolute atomic E-state index is 0.351. The average molecular weight is 711 g/mol. The van der Waals surface area contributed by atoms with Crippen LogP contribution in [-0.2, 0) is 0 Å². The molecule has 0 saturated heterocycles. The fourth-order valence-electron chi connectivity index (χ4n) is 7.17. The van der Waals surface area contributed by atoms with Crippen LogP contribution >= 0.6 is 11.3 Å². The Kier molecular flexibility index (Phi) is 7.70. The first-order valence-corrected chi connectivity index (χ1v) is 18.5. The summed E-state index contributed by atoms with van der Waals surface area (Å²) in [6.07, 6.45) is 3.91. The van der Waals surface area contributed by atoms with Gasteiger partial charge in [0, 0.05) is 42.4 Å². The minimum Gasteiger partial charge on any atom is -0.298 e. The zero-order valence-electron chi connectivity index (χ0n) is 28.9. The summed E-state index contributed by atoms with van der Waals surface area (Å²) < 4.78 is 2.48. The van der Waals surface area contributed by atoms with E-state index in [0.29, 0.717) is 28.9 Å². The van der Waals surface area contributed by atoms with Crippen molar-refractivity contribution in [2.45, 2.75) is 0 Å². The zero-order valence-corrected chi connectivity index (χ0v) is 29.7. The molecule has 6 nitrogen and oxygen atoms in total. The third-order valence-electron chi connectivity index (χ3n) is 9.84. The van der Waals surface area contributed by atoms with E-state index < -0.39 is 0 Å². The topological polar surface area (TPSA) is 86.9 Å². The van der Waals surface area contributed by atoms with Gasteiger partial charge < -0.3 is 0 Å². The number of hydrazone groups is 1. The number of nitrogens with one attached hydrogen (secondary N) is 2. The number of fused-ring (bicyclic) bond motifs is 6. The van der Waals surface area contributed by atoms with Gasteiger partial charge in [0.1, 0.15) is 5.71 Å². The second-order valence-corrected chi connectivity index (χ2v) is 14.3. The summed E-state index contributed by atoms with van der Waals surface area (Å²) in [4.78, 5) is 15.5. The molecule has 1 aliphatic rings. The fraction of sp³-hybridized carbons (Fsp3) is 0. The van der Waals surface area contributed by atoms with Gasteiger partial charge in [0.2, 0.25) is 0 Å². The Hall–Kier alpha value is -7.09. The molecule has 0 spiro atoms. The third kappa shape index (κ3) is 5.64. The van der Waals surface area contributed by atoms with Gasteiger partial charge in [-0.05, 0) is 76.0 Å². The van der Waals surface area contributed by atoms with Gasteiger partial charge >= 0.3 is 0 Å². The number of para-hydroxylation sites is 1. The summed E-state index contributed by atoms with van der Waals surface area (Å²) in [5.41, 5.74) is 11.5. The van der Waals surface area contributed by atoms with Crippen LogP contribution in [0.5, 0.6) is 0 Å². The molecule has 0 amide bonds. The largest absolute Gasteiger partial charge is 0.298 e. The van der Waals surface area contributed by atoms with E-state index in [-0.39, 0.29) is 0 Å². The second kappa shape index (κ2) is 13.2. The van der Waals surface area contributed by atoms with Crippen LogP contribution in [0.25, 0.3) is 82.3 Å². The number of hydrogen-bond donors (Lipinski definition) is 2. The van der Waals surface area contributed by atoms with Gasteiger partial charge in [0.05, 0.1) is 11.4 Å². The van der Waals surface area contributed by atoms with E-state index in [9.17, 15) is 5.41 Å². The van der Waals surface area contributed by atoms with E-state index in [1.807, 2.05) is 72.8 Å². The molecule has 7 aromatic carbocycles. The summed E-state index contributed by atoms with van der Waals surface area (Å²) in [5, 5.41) is 18.3. The Labute approximate surface area is 315 Å². The van der Waals surface area contributed by atoms with Crippen molar-refractivity contribution >= 4 is 65.5 Å². The van der Waals surface area contributed by atoms with E-state index in [1.165, 1.54) is 20.2 Å². The lowest BCUT2D eigenvalue weighted by molar-refractivity contribution is 1.08. The molecule has 2 N–H and O–H groups in total. The maximum absolute atomic E-state index is 9.30. The van der Waals surface area contributed by atoms with Crippen molar-refractivity contribution < 1.29 is 0 Å². The van der Waals surface area contributed by atoms with Gasteiger partial charge in [-0.2, -0.15) is 5.10 Å². The maximum atomic E-state index is 9.30. The molecule has 54 heavy (non-hydrogen) atoms. The highest BCUT2D eigenvalue weighted by molar-refractivity contribution is 7.25. The Balaban J connectivity index is 1.14. The van der Waals surface area contributed by atoms with E-state index >= 15 is 0 Å². The fourth-order valence-corrected chi connectivity index (χ4v) is 8.26. The van der Waals surface area contributed by atoms with Gasteiger partial charge in [-0.3, -0.25) is 10.8 Å². The summed E-state index contributed by atoms with van der Waals surface area (Å²) >= 11 is 1.79.